The molecule has 27 heavy (non-hydrogen) atoms. The van der Waals surface area contributed by atoms with Crippen molar-refractivity contribution in [3.8, 4) is 5.75 Å². The minimum atomic E-state index is 0.620. The fourth-order valence-electron chi connectivity index (χ4n) is 2.94. The van der Waals surface area contributed by atoms with E-state index >= 15 is 0 Å². The second-order valence-corrected chi connectivity index (χ2v) is 7.16. The zero-order valence-electron chi connectivity index (χ0n) is 16.3. The Morgan fingerprint density at radius 3 is 2.70 bits per heavy atom. The predicted octanol–water partition coefficient (Wildman–Crippen LogP) is 3.46. The minimum absolute atomic E-state index is 0.620. The van der Waals surface area contributed by atoms with Crippen molar-refractivity contribution in [2.75, 3.05) is 38.6 Å². The molecule has 1 aromatic carbocycles. The Hall–Kier alpha value is -1.76. The van der Waals surface area contributed by atoms with Crippen molar-refractivity contribution < 1.29 is 14.1 Å². The molecule has 7 heteroatoms. The molecule has 0 saturated carbocycles. The van der Waals surface area contributed by atoms with Crippen LogP contribution in [0.25, 0.3) is 0 Å². The number of hydrogen-bond acceptors (Lipinski definition) is 3. The van der Waals surface area contributed by atoms with E-state index in [9.17, 15) is 0 Å². The lowest BCUT2D eigenvalue weighted by Crippen LogP contribution is -3.11. The van der Waals surface area contributed by atoms with Crippen molar-refractivity contribution in [2.24, 2.45) is 0 Å². The van der Waals surface area contributed by atoms with E-state index in [1.807, 2.05) is 24.3 Å². The van der Waals surface area contributed by atoms with E-state index in [2.05, 4.69) is 24.1 Å². The number of rotatable bonds is 10. The molecule has 0 atom stereocenters. The Morgan fingerprint density at radius 1 is 1.30 bits per heavy atom. The van der Waals surface area contributed by atoms with Crippen molar-refractivity contribution in [3.63, 3.8) is 0 Å². The summed E-state index contributed by atoms with van der Waals surface area (Å²) in [5.74, 6) is 1.58. The molecule has 1 heterocycles. The first-order valence-corrected chi connectivity index (χ1v) is 10.1. The molecule has 0 bridgehead atoms. The summed E-state index contributed by atoms with van der Waals surface area (Å²) in [5.41, 5.74) is 0.758. The number of nitrogens with one attached hydrogen (secondary N) is 2. The number of ether oxygens (including phenoxy) is 1. The molecule has 5 nitrogen and oxygen atoms in total. The van der Waals surface area contributed by atoms with Gasteiger partial charge in [0.1, 0.15) is 11.5 Å². The van der Waals surface area contributed by atoms with E-state index in [0.717, 1.165) is 44.0 Å². The number of nitrogens with zero attached hydrogens (tertiary/aromatic N) is 1. The number of hydrogen-bond donors (Lipinski definition) is 2. The van der Waals surface area contributed by atoms with Crippen molar-refractivity contribution >= 4 is 34.6 Å². The highest BCUT2D eigenvalue weighted by Crippen LogP contribution is 2.28. The van der Waals surface area contributed by atoms with E-state index < -0.39 is 0 Å². The molecule has 0 amide bonds. The van der Waals surface area contributed by atoms with Crippen LogP contribution < -0.4 is 15.0 Å². The summed E-state index contributed by atoms with van der Waals surface area (Å²) in [7, 11) is 1.63. The number of thiocarbonyl (C=S) groups is 1. The van der Waals surface area contributed by atoms with E-state index in [1.165, 1.54) is 0 Å². The van der Waals surface area contributed by atoms with Gasteiger partial charge in [0.15, 0.2) is 5.11 Å². The Balaban J connectivity index is 2.07. The molecular formula is C20H29ClN3O2S+. The van der Waals surface area contributed by atoms with Gasteiger partial charge >= 0.3 is 0 Å². The van der Waals surface area contributed by atoms with E-state index in [-0.39, 0.29) is 0 Å². The second kappa shape index (κ2) is 11.2. The highest BCUT2D eigenvalue weighted by atomic mass is 35.5. The van der Waals surface area contributed by atoms with Crippen LogP contribution in [0.2, 0.25) is 5.02 Å². The maximum absolute atomic E-state index is 6.13. The Kier molecular flexibility index (Phi) is 8.91. The van der Waals surface area contributed by atoms with Crippen LogP contribution >= 0.6 is 23.8 Å². The standard InChI is InChI=1S/C20H28ClN3O2S/c1-4-23(5-2)11-7-12-24(15-17-8-6-13-26-17)20(27)22-18-14-16(21)9-10-19(18)25-3/h6,8-10,13-14H,4-5,7,11-12,15H2,1-3H3,(H,22,27)/p+1. The highest BCUT2D eigenvalue weighted by Gasteiger charge is 2.15. The number of furan rings is 1. The smallest absolute Gasteiger partial charge is 0.173 e. The molecule has 0 radical (unpaired) electrons. The summed E-state index contributed by atoms with van der Waals surface area (Å²) in [6, 6.07) is 9.29. The van der Waals surface area contributed by atoms with Crippen LogP contribution in [0, 0.1) is 0 Å². The molecule has 0 spiro atoms. The fourth-order valence-corrected chi connectivity index (χ4v) is 3.38. The lowest BCUT2D eigenvalue weighted by Gasteiger charge is -2.26. The molecule has 0 aliphatic carbocycles. The molecule has 1 aromatic heterocycles. The zero-order valence-corrected chi connectivity index (χ0v) is 17.8. The van der Waals surface area contributed by atoms with Gasteiger partial charge in [0.25, 0.3) is 0 Å². The van der Waals surface area contributed by atoms with Gasteiger partial charge in [-0.25, -0.2) is 0 Å². The summed E-state index contributed by atoms with van der Waals surface area (Å²) in [4.78, 5) is 3.71. The van der Waals surface area contributed by atoms with Gasteiger partial charge in [-0.3, -0.25) is 0 Å². The lowest BCUT2D eigenvalue weighted by molar-refractivity contribution is -0.896. The number of benzene rings is 1. The fraction of sp³-hybridized carbons (Fsp3) is 0.450. The van der Waals surface area contributed by atoms with Crippen molar-refractivity contribution in [1.82, 2.24) is 4.90 Å². The summed E-state index contributed by atoms with van der Waals surface area (Å²) < 4.78 is 10.9. The SMILES string of the molecule is CC[NH+](CC)CCCN(Cc1ccco1)C(=S)Nc1cc(Cl)ccc1OC. The zero-order chi connectivity index (χ0) is 19.6. The third kappa shape index (κ3) is 6.72. The predicted molar refractivity (Wildman–Crippen MR) is 115 cm³/mol. The molecule has 0 saturated heterocycles. The summed E-state index contributed by atoms with van der Waals surface area (Å²) in [6.07, 6.45) is 2.73. The number of halogens is 1. The van der Waals surface area contributed by atoms with Crippen LogP contribution in [0.5, 0.6) is 5.75 Å². The first-order chi connectivity index (χ1) is 13.1. The van der Waals surface area contributed by atoms with E-state index in [0.29, 0.717) is 22.4 Å². The number of quaternary nitrogens is 1. The molecule has 2 aromatic rings. The van der Waals surface area contributed by atoms with Crippen LogP contribution in [-0.4, -0.2) is 43.3 Å². The number of methoxy groups -OCH3 is 1. The van der Waals surface area contributed by atoms with Crippen LogP contribution in [0.3, 0.4) is 0 Å². The van der Waals surface area contributed by atoms with Gasteiger partial charge in [-0.1, -0.05) is 11.6 Å². The normalized spacial score (nSPS) is 10.9. The van der Waals surface area contributed by atoms with Crippen molar-refractivity contribution in [1.29, 1.82) is 0 Å². The second-order valence-electron chi connectivity index (χ2n) is 6.34. The summed E-state index contributed by atoms with van der Waals surface area (Å²) in [5, 5.41) is 4.54. The largest absolute Gasteiger partial charge is 0.495 e. The third-order valence-corrected chi connectivity index (χ3v) is 5.17. The molecular weight excluding hydrogens is 382 g/mol. The van der Waals surface area contributed by atoms with Gasteiger partial charge in [-0.2, -0.15) is 0 Å². The lowest BCUT2D eigenvalue weighted by atomic mass is 10.3. The molecule has 0 unspecified atom stereocenters. The summed E-state index contributed by atoms with van der Waals surface area (Å²) >= 11 is 11.8. The Labute approximate surface area is 172 Å². The van der Waals surface area contributed by atoms with Gasteiger partial charge in [-0.05, 0) is 56.4 Å². The van der Waals surface area contributed by atoms with Crippen LogP contribution in [0.1, 0.15) is 26.0 Å². The summed E-state index contributed by atoms with van der Waals surface area (Å²) in [6.45, 7) is 9.29. The van der Waals surface area contributed by atoms with E-state index in [1.54, 1.807) is 24.3 Å². The highest BCUT2D eigenvalue weighted by molar-refractivity contribution is 7.80. The molecule has 2 N–H and O–H groups in total. The third-order valence-electron chi connectivity index (χ3n) is 4.58. The molecule has 148 valence electrons. The molecule has 2 rings (SSSR count). The first kappa shape index (κ1) is 21.5. The Morgan fingerprint density at radius 2 is 2.07 bits per heavy atom. The van der Waals surface area contributed by atoms with Gasteiger partial charge < -0.3 is 24.3 Å². The van der Waals surface area contributed by atoms with Gasteiger partial charge in [-0.15, -0.1) is 0 Å². The van der Waals surface area contributed by atoms with Crippen molar-refractivity contribution in [2.45, 2.75) is 26.8 Å². The number of anilines is 1. The topological polar surface area (TPSA) is 42.1 Å². The van der Waals surface area contributed by atoms with Gasteiger partial charge in [0.05, 0.1) is 45.2 Å². The van der Waals surface area contributed by atoms with Gasteiger partial charge in [0, 0.05) is 18.0 Å². The molecule has 0 fully saturated rings. The maximum atomic E-state index is 6.13. The molecule has 0 aliphatic heterocycles. The molecule has 0 aliphatic rings. The van der Waals surface area contributed by atoms with Gasteiger partial charge in [0.2, 0.25) is 0 Å². The van der Waals surface area contributed by atoms with Crippen LogP contribution in [-0.2, 0) is 6.54 Å². The monoisotopic (exact) mass is 410 g/mol. The minimum Gasteiger partial charge on any atom is -0.495 e. The first-order valence-electron chi connectivity index (χ1n) is 9.32. The van der Waals surface area contributed by atoms with Crippen LogP contribution in [0.15, 0.2) is 41.0 Å². The average molecular weight is 411 g/mol. The quantitative estimate of drug-likeness (QED) is 0.587. The maximum Gasteiger partial charge on any atom is 0.173 e. The Bertz CT molecular complexity index is 705. The van der Waals surface area contributed by atoms with Crippen LogP contribution in [0.4, 0.5) is 5.69 Å². The van der Waals surface area contributed by atoms with Crippen molar-refractivity contribution in [3.05, 3.63) is 47.4 Å². The average Bonchev–Trinajstić information content (AvgIpc) is 3.17. The van der Waals surface area contributed by atoms with E-state index in [4.69, 9.17) is 33.0 Å².